The average Bonchev–Trinajstić information content (AvgIpc) is 2.84. The third-order valence-corrected chi connectivity index (χ3v) is 3.89. The topological polar surface area (TPSA) is 48.1 Å². The van der Waals surface area contributed by atoms with E-state index in [1.54, 1.807) is 12.1 Å². The first-order valence-corrected chi connectivity index (χ1v) is 7.02. The van der Waals surface area contributed by atoms with E-state index in [0.29, 0.717) is 5.02 Å². The van der Waals surface area contributed by atoms with Gasteiger partial charge in [-0.05, 0) is 25.1 Å². The summed E-state index contributed by atoms with van der Waals surface area (Å²) in [6, 6.07) is 14.5. The monoisotopic (exact) mass is 300 g/mol. The van der Waals surface area contributed by atoms with E-state index in [1.807, 2.05) is 37.3 Å². The Hall–Kier alpha value is -2.33. The number of hydrogen-bond acceptors (Lipinski definition) is 2. The maximum atomic E-state index is 10.9. The molecule has 5 heteroatoms. The summed E-state index contributed by atoms with van der Waals surface area (Å²) >= 11 is 6.28. The molecular formula is C16H13ClN2O2. The molecule has 3 rings (SSSR count). The fraction of sp³-hybridized carbons (Fsp3) is 0.125. The van der Waals surface area contributed by atoms with Gasteiger partial charge in [0.15, 0.2) is 0 Å². The molecule has 0 saturated heterocycles. The summed E-state index contributed by atoms with van der Waals surface area (Å²) in [4.78, 5) is 10.5. The molecule has 3 aromatic rings. The second-order valence-corrected chi connectivity index (χ2v) is 5.16. The number of non-ortho nitro benzene ring substituents is 1. The lowest BCUT2D eigenvalue weighted by Crippen LogP contribution is -1.97. The second-order valence-electron chi connectivity index (χ2n) is 4.75. The van der Waals surface area contributed by atoms with Gasteiger partial charge in [0.1, 0.15) is 0 Å². The zero-order chi connectivity index (χ0) is 15.0. The third kappa shape index (κ3) is 2.28. The van der Waals surface area contributed by atoms with Crippen molar-refractivity contribution in [1.82, 2.24) is 4.57 Å². The van der Waals surface area contributed by atoms with Crippen LogP contribution < -0.4 is 0 Å². The molecule has 0 N–H and O–H groups in total. The van der Waals surface area contributed by atoms with Crippen LogP contribution in [0.15, 0.2) is 48.5 Å². The maximum Gasteiger partial charge on any atom is 0.270 e. The molecule has 0 saturated carbocycles. The minimum Gasteiger partial charge on any atom is -0.341 e. The van der Waals surface area contributed by atoms with Crippen molar-refractivity contribution in [3.8, 4) is 11.3 Å². The molecule has 0 spiro atoms. The van der Waals surface area contributed by atoms with Gasteiger partial charge in [-0.1, -0.05) is 29.8 Å². The summed E-state index contributed by atoms with van der Waals surface area (Å²) in [7, 11) is 0. The maximum absolute atomic E-state index is 10.9. The first kappa shape index (κ1) is 13.6. The van der Waals surface area contributed by atoms with Crippen LogP contribution in [0.1, 0.15) is 6.92 Å². The third-order valence-electron chi connectivity index (χ3n) is 3.56. The van der Waals surface area contributed by atoms with E-state index in [1.165, 1.54) is 6.07 Å². The molecule has 4 nitrogen and oxygen atoms in total. The molecule has 0 bridgehead atoms. The van der Waals surface area contributed by atoms with Crippen LogP contribution >= 0.6 is 11.6 Å². The first-order chi connectivity index (χ1) is 10.1. The smallest absolute Gasteiger partial charge is 0.270 e. The Labute approximate surface area is 126 Å². The normalized spacial score (nSPS) is 11.0. The Balaban J connectivity index is 2.28. The molecule has 0 aliphatic carbocycles. The van der Waals surface area contributed by atoms with Crippen molar-refractivity contribution in [3.63, 3.8) is 0 Å². The van der Waals surface area contributed by atoms with E-state index < -0.39 is 0 Å². The molecule has 0 atom stereocenters. The summed E-state index contributed by atoms with van der Waals surface area (Å²) in [6.07, 6.45) is 0. The fourth-order valence-electron chi connectivity index (χ4n) is 2.60. The lowest BCUT2D eigenvalue weighted by molar-refractivity contribution is -0.384. The lowest BCUT2D eigenvalue weighted by Gasteiger charge is -2.09. The number of nitrogens with zero attached hydrogens (tertiary/aromatic N) is 2. The van der Waals surface area contributed by atoms with Gasteiger partial charge in [0.05, 0.1) is 10.6 Å². The number of nitro benzene ring substituents is 1. The van der Waals surface area contributed by atoms with E-state index in [9.17, 15) is 10.1 Å². The molecule has 0 radical (unpaired) electrons. The van der Waals surface area contributed by atoms with Crippen molar-refractivity contribution in [2.75, 3.05) is 0 Å². The number of fused-ring (bicyclic) bond motifs is 1. The van der Waals surface area contributed by atoms with Gasteiger partial charge < -0.3 is 4.57 Å². The number of aromatic nitrogens is 1. The Morgan fingerprint density at radius 2 is 1.95 bits per heavy atom. The van der Waals surface area contributed by atoms with E-state index in [2.05, 4.69) is 4.57 Å². The van der Waals surface area contributed by atoms with Crippen LogP contribution in [0.25, 0.3) is 22.2 Å². The molecule has 0 unspecified atom stereocenters. The standard InChI is InChI=1S/C16H13ClN2O2/c1-2-18-15-8-7-12(19(20)21)9-11(15)10-16(18)13-5-3-4-6-14(13)17/h3-10H,2H2,1H3. The van der Waals surface area contributed by atoms with Gasteiger partial charge in [0.2, 0.25) is 0 Å². The van der Waals surface area contributed by atoms with Crippen LogP contribution in [0.2, 0.25) is 5.02 Å². The quantitative estimate of drug-likeness (QED) is 0.511. The highest BCUT2D eigenvalue weighted by atomic mass is 35.5. The summed E-state index contributed by atoms with van der Waals surface area (Å²) in [5, 5.41) is 12.4. The van der Waals surface area contributed by atoms with E-state index in [-0.39, 0.29) is 10.6 Å². The molecule has 2 aromatic carbocycles. The average molecular weight is 301 g/mol. The van der Waals surface area contributed by atoms with Crippen LogP contribution in [0.5, 0.6) is 0 Å². The van der Waals surface area contributed by atoms with Crippen LogP contribution in [-0.2, 0) is 6.54 Å². The molecule has 0 aliphatic heterocycles. The van der Waals surface area contributed by atoms with Crippen molar-refractivity contribution in [2.24, 2.45) is 0 Å². The highest BCUT2D eigenvalue weighted by molar-refractivity contribution is 6.33. The lowest BCUT2D eigenvalue weighted by atomic mass is 10.1. The fourth-order valence-corrected chi connectivity index (χ4v) is 2.84. The molecule has 1 aromatic heterocycles. The van der Waals surface area contributed by atoms with Gasteiger partial charge in [-0.2, -0.15) is 0 Å². The highest BCUT2D eigenvalue weighted by Crippen LogP contribution is 2.34. The number of halogens is 1. The molecule has 0 amide bonds. The predicted octanol–water partition coefficient (Wildman–Crippen LogP) is 4.89. The highest BCUT2D eigenvalue weighted by Gasteiger charge is 2.14. The molecule has 106 valence electrons. The second kappa shape index (κ2) is 5.22. The van der Waals surface area contributed by atoms with Crippen molar-refractivity contribution in [2.45, 2.75) is 13.5 Å². The Kier molecular flexibility index (Phi) is 3.39. The van der Waals surface area contributed by atoms with E-state index in [4.69, 9.17) is 11.6 Å². The van der Waals surface area contributed by atoms with Gasteiger partial charge in [0, 0.05) is 40.2 Å². The van der Waals surface area contributed by atoms with E-state index >= 15 is 0 Å². The zero-order valence-electron chi connectivity index (χ0n) is 11.4. The van der Waals surface area contributed by atoms with Gasteiger partial charge in [-0.25, -0.2) is 0 Å². The minimum absolute atomic E-state index is 0.0986. The number of nitro groups is 1. The van der Waals surface area contributed by atoms with Gasteiger partial charge in [0.25, 0.3) is 5.69 Å². The minimum atomic E-state index is -0.377. The van der Waals surface area contributed by atoms with Crippen LogP contribution in [-0.4, -0.2) is 9.49 Å². The Bertz CT molecular complexity index is 839. The molecule has 0 fully saturated rings. The van der Waals surface area contributed by atoms with Crippen LogP contribution in [0.3, 0.4) is 0 Å². The number of rotatable bonds is 3. The zero-order valence-corrected chi connectivity index (χ0v) is 12.2. The molecule has 0 aliphatic rings. The van der Waals surface area contributed by atoms with Gasteiger partial charge in [-0.15, -0.1) is 0 Å². The van der Waals surface area contributed by atoms with E-state index in [0.717, 1.165) is 28.7 Å². The van der Waals surface area contributed by atoms with Gasteiger partial charge in [-0.3, -0.25) is 10.1 Å². The van der Waals surface area contributed by atoms with Gasteiger partial charge >= 0.3 is 0 Å². The van der Waals surface area contributed by atoms with Crippen molar-refractivity contribution in [3.05, 3.63) is 63.7 Å². The Morgan fingerprint density at radius 3 is 2.62 bits per heavy atom. The predicted molar refractivity (Wildman–Crippen MR) is 84.7 cm³/mol. The number of hydrogen-bond donors (Lipinski definition) is 0. The van der Waals surface area contributed by atoms with Crippen molar-refractivity contribution in [1.29, 1.82) is 0 Å². The molecular weight excluding hydrogens is 288 g/mol. The summed E-state index contributed by atoms with van der Waals surface area (Å²) in [5.74, 6) is 0. The summed E-state index contributed by atoms with van der Waals surface area (Å²) in [5.41, 5.74) is 2.97. The number of aryl methyl sites for hydroxylation is 1. The molecule has 1 heterocycles. The molecule has 21 heavy (non-hydrogen) atoms. The van der Waals surface area contributed by atoms with Crippen LogP contribution in [0.4, 0.5) is 5.69 Å². The largest absolute Gasteiger partial charge is 0.341 e. The first-order valence-electron chi connectivity index (χ1n) is 6.64. The summed E-state index contributed by atoms with van der Waals surface area (Å²) in [6.45, 7) is 2.81. The van der Waals surface area contributed by atoms with Crippen molar-refractivity contribution < 1.29 is 4.92 Å². The summed E-state index contributed by atoms with van der Waals surface area (Å²) < 4.78 is 2.11. The number of benzene rings is 2. The van der Waals surface area contributed by atoms with Crippen LogP contribution in [0, 0.1) is 10.1 Å². The Morgan fingerprint density at radius 1 is 1.19 bits per heavy atom. The SMILES string of the molecule is CCn1c(-c2ccccc2Cl)cc2cc([N+](=O)[O-])ccc21. The van der Waals surface area contributed by atoms with Crippen molar-refractivity contribution >= 4 is 28.2 Å².